The normalized spacial score (nSPS) is 12.2. The summed E-state index contributed by atoms with van der Waals surface area (Å²) < 4.78 is 63.6. The summed E-state index contributed by atoms with van der Waals surface area (Å²) in [6.07, 6.45) is -4.38. The second-order valence-electron chi connectivity index (χ2n) is 6.62. The van der Waals surface area contributed by atoms with Gasteiger partial charge >= 0.3 is 6.18 Å². The topological polar surface area (TPSA) is 92.3 Å². The lowest BCUT2D eigenvalue weighted by Gasteiger charge is -2.11. The number of carbonyl (C=O) groups is 1. The molecule has 3 aromatic rings. The summed E-state index contributed by atoms with van der Waals surface area (Å²) in [5, 5.41) is 10.7. The molecule has 0 aliphatic rings. The van der Waals surface area contributed by atoms with Gasteiger partial charge in [-0.05, 0) is 42.0 Å². The van der Waals surface area contributed by atoms with E-state index in [0.717, 1.165) is 27.8 Å². The molecule has 32 heavy (non-hydrogen) atoms. The number of halogens is 3. The lowest BCUT2D eigenvalue weighted by Crippen LogP contribution is -2.22. The Kier molecular flexibility index (Phi) is 7.22. The van der Waals surface area contributed by atoms with Crippen molar-refractivity contribution in [3.8, 4) is 0 Å². The van der Waals surface area contributed by atoms with Gasteiger partial charge in [-0.1, -0.05) is 35.2 Å². The van der Waals surface area contributed by atoms with Crippen LogP contribution in [-0.2, 0) is 22.0 Å². The molecule has 0 unspecified atom stereocenters. The molecule has 3 rings (SSSR count). The van der Waals surface area contributed by atoms with E-state index in [0.29, 0.717) is 15.7 Å². The molecule has 0 bridgehead atoms. The van der Waals surface area contributed by atoms with Crippen molar-refractivity contribution < 1.29 is 26.4 Å². The van der Waals surface area contributed by atoms with Crippen LogP contribution in [-0.4, -0.2) is 42.9 Å². The maximum absolute atomic E-state index is 12.6. The van der Waals surface area contributed by atoms with Crippen molar-refractivity contribution in [1.82, 2.24) is 14.5 Å². The average molecular weight is 503 g/mol. The van der Waals surface area contributed by atoms with Crippen LogP contribution in [0, 0.1) is 0 Å². The van der Waals surface area contributed by atoms with E-state index in [-0.39, 0.29) is 15.6 Å². The Morgan fingerprint density at radius 3 is 2.25 bits per heavy atom. The first-order valence-corrected chi connectivity index (χ1v) is 12.2. The number of nitrogens with zero attached hydrogens (tertiary/aromatic N) is 3. The minimum absolute atomic E-state index is 0.0666. The molecule has 1 aromatic heterocycles. The molecule has 1 amide bonds. The van der Waals surface area contributed by atoms with Gasteiger partial charge in [0.15, 0.2) is 4.34 Å². The first-order chi connectivity index (χ1) is 15.0. The van der Waals surface area contributed by atoms with Crippen LogP contribution in [0.15, 0.2) is 57.8 Å². The zero-order valence-corrected chi connectivity index (χ0v) is 19.2. The Balaban J connectivity index is 1.58. The predicted octanol–water partition coefficient (Wildman–Crippen LogP) is 4.35. The number of nitrogens with one attached hydrogen (secondary N) is 1. The largest absolute Gasteiger partial charge is 0.416 e. The van der Waals surface area contributed by atoms with Crippen LogP contribution >= 0.6 is 23.1 Å². The summed E-state index contributed by atoms with van der Waals surface area (Å²) in [7, 11) is -0.761. The Morgan fingerprint density at radius 2 is 1.69 bits per heavy atom. The molecule has 13 heteroatoms. The van der Waals surface area contributed by atoms with Crippen molar-refractivity contribution in [2.24, 2.45) is 0 Å². The summed E-state index contributed by atoms with van der Waals surface area (Å²) >= 11 is 2.40. The summed E-state index contributed by atoms with van der Waals surface area (Å²) in [6.45, 7) is 0. The van der Waals surface area contributed by atoms with Crippen LogP contribution in [0.1, 0.15) is 21.5 Å². The van der Waals surface area contributed by atoms with Crippen molar-refractivity contribution in [3.05, 3.63) is 65.2 Å². The van der Waals surface area contributed by atoms with E-state index in [1.54, 1.807) is 0 Å². The molecule has 0 saturated heterocycles. The number of amides is 1. The molecule has 2 aromatic carbocycles. The van der Waals surface area contributed by atoms with Gasteiger partial charge in [-0.2, -0.15) is 13.2 Å². The van der Waals surface area contributed by atoms with Crippen LogP contribution in [0.5, 0.6) is 0 Å². The van der Waals surface area contributed by atoms with Crippen molar-refractivity contribution in [2.45, 2.75) is 21.2 Å². The Morgan fingerprint density at radius 1 is 1.06 bits per heavy atom. The number of alkyl halides is 3. The van der Waals surface area contributed by atoms with Gasteiger partial charge in [0.05, 0.1) is 10.5 Å². The molecular weight excluding hydrogens is 485 g/mol. The standard InChI is InChI=1S/C19H17F3N4O3S3/c1-26(2)32(28,29)15-9-5-13(6-10-15)16(27)23-17-24-25-18(31-17)30-11-12-3-7-14(8-4-12)19(20,21)22/h3-10H,11H2,1-2H3,(H,23,24,27). The SMILES string of the molecule is CN(C)S(=O)(=O)c1ccc(C(=O)Nc2nnc(SCc3ccc(C(F)(F)F)cc3)s2)cc1. The monoisotopic (exact) mass is 502 g/mol. The minimum atomic E-state index is -4.38. The molecule has 0 saturated carbocycles. The third-order valence-corrected chi connectivity index (χ3v) is 8.04. The van der Waals surface area contributed by atoms with Crippen LogP contribution in [0.3, 0.4) is 0 Å². The third kappa shape index (κ3) is 5.85. The molecule has 0 spiro atoms. The number of benzene rings is 2. The van der Waals surface area contributed by atoms with Gasteiger partial charge in [0, 0.05) is 25.4 Å². The van der Waals surface area contributed by atoms with E-state index in [9.17, 15) is 26.4 Å². The minimum Gasteiger partial charge on any atom is -0.296 e. The van der Waals surface area contributed by atoms with Crippen molar-refractivity contribution in [3.63, 3.8) is 0 Å². The quantitative estimate of drug-likeness (QED) is 0.382. The highest BCUT2D eigenvalue weighted by Gasteiger charge is 2.29. The lowest BCUT2D eigenvalue weighted by molar-refractivity contribution is -0.137. The smallest absolute Gasteiger partial charge is 0.296 e. The zero-order valence-electron chi connectivity index (χ0n) is 16.8. The molecule has 0 radical (unpaired) electrons. The van der Waals surface area contributed by atoms with E-state index in [2.05, 4.69) is 15.5 Å². The molecule has 0 aliphatic carbocycles. The second kappa shape index (κ2) is 9.57. The zero-order chi connectivity index (χ0) is 23.5. The second-order valence-corrected chi connectivity index (χ2v) is 11.0. The van der Waals surface area contributed by atoms with E-state index in [4.69, 9.17) is 0 Å². The Hall–Kier alpha value is -2.48. The van der Waals surface area contributed by atoms with Gasteiger partial charge in [0.2, 0.25) is 15.2 Å². The number of hydrogen-bond acceptors (Lipinski definition) is 7. The van der Waals surface area contributed by atoms with Crippen LogP contribution in [0.4, 0.5) is 18.3 Å². The summed E-state index contributed by atoms with van der Waals surface area (Å²) in [4.78, 5) is 12.4. The maximum atomic E-state index is 12.6. The molecular formula is C19H17F3N4O3S3. The van der Waals surface area contributed by atoms with E-state index < -0.39 is 27.7 Å². The molecule has 170 valence electrons. The van der Waals surface area contributed by atoms with Gasteiger partial charge in [0.25, 0.3) is 5.91 Å². The van der Waals surface area contributed by atoms with E-state index >= 15 is 0 Å². The molecule has 1 heterocycles. The number of hydrogen-bond donors (Lipinski definition) is 1. The fourth-order valence-electron chi connectivity index (χ4n) is 2.41. The fraction of sp³-hybridized carbons (Fsp3) is 0.211. The van der Waals surface area contributed by atoms with Crippen molar-refractivity contribution >= 4 is 44.2 Å². The lowest BCUT2D eigenvalue weighted by atomic mass is 10.1. The van der Waals surface area contributed by atoms with Crippen LogP contribution in [0.2, 0.25) is 0 Å². The highest BCUT2D eigenvalue weighted by molar-refractivity contribution is 8.00. The van der Waals surface area contributed by atoms with E-state index in [1.807, 2.05) is 0 Å². The molecule has 0 fully saturated rings. The molecule has 0 aliphatic heterocycles. The van der Waals surface area contributed by atoms with Gasteiger partial charge in [-0.3, -0.25) is 10.1 Å². The first kappa shape index (κ1) is 24.2. The van der Waals surface area contributed by atoms with Gasteiger partial charge in [-0.15, -0.1) is 10.2 Å². The Labute approximate surface area is 190 Å². The molecule has 1 N–H and O–H groups in total. The summed E-state index contributed by atoms with van der Waals surface area (Å²) in [5.41, 5.74) is 0.230. The molecule has 7 nitrogen and oxygen atoms in total. The molecule has 0 atom stereocenters. The van der Waals surface area contributed by atoms with Crippen LogP contribution < -0.4 is 5.32 Å². The third-order valence-electron chi connectivity index (χ3n) is 4.17. The summed E-state index contributed by atoms with van der Waals surface area (Å²) in [6, 6.07) is 10.3. The highest BCUT2D eigenvalue weighted by Crippen LogP contribution is 2.31. The number of carbonyl (C=O) groups excluding carboxylic acids is 1. The van der Waals surface area contributed by atoms with Gasteiger partial charge in [-0.25, -0.2) is 12.7 Å². The van der Waals surface area contributed by atoms with Crippen molar-refractivity contribution in [2.75, 3.05) is 19.4 Å². The maximum Gasteiger partial charge on any atom is 0.416 e. The average Bonchev–Trinajstić information content (AvgIpc) is 3.19. The number of thioether (sulfide) groups is 1. The summed E-state index contributed by atoms with van der Waals surface area (Å²) in [5.74, 6) is -0.0862. The number of anilines is 1. The van der Waals surface area contributed by atoms with Crippen LogP contribution in [0.25, 0.3) is 0 Å². The van der Waals surface area contributed by atoms with Gasteiger partial charge in [0.1, 0.15) is 0 Å². The van der Waals surface area contributed by atoms with Crippen molar-refractivity contribution in [1.29, 1.82) is 0 Å². The number of aromatic nitrogens is 2. The number of rotatable bonds is 7. The highest BCUT2D eigenvalue weighted by atomic mass is 32.2. The first-order valence-electron chi connectivity index (χ1n) is 8.93. The van der Waals surface area contributed by atoms with Gasteiger partial charge < -0.3 is 0 Å². The fourth-order valence-corrected chi connectivity index (χ4v) is 5.02. The van der Waals surface area contributed by atoms with E-state index in [1.165, 1.54) is 62.3 Å². The number of sulfonamides is 1. The predicted molar refractivity (Wildman–Crippen MR) is 116 cm³/mol. The Bertz CT molecular complexity index is 1190.